The van der Waals surface area contributed by atoms with Gasteiger partial charge in [0.15, 0.2) is 0 Å². The van der Waals surface area contributed by atoms with Crippen LogP contribution in [0.1, 0.15) is 35.4 Å². The molecule has 1 aromatic heterocycles. The highest BCUT2D eigenvalue weighted by Gasteiger charge is 2.10. The number of carbonyl (C=O) groups is 1. The summed E-state index contributed by atoms with van der Waals surface area (Å²) in [6, 6.07) is 5.07. The van der Waals surface area contributed by atoms with Gasteiger partial charge in [0, 0.05) is 20.3 Å². The Bertz CT molecular complexity index is 604. The molecule has 0 spiro atoms. The van der Waals surface area contributed by atoms with Crippen LogP contribution in [0.3, 0.4) is 0 Å². The molecule has 0 unspecified atom stereocenters. The minimum atomic E-state index is -0.905. The maximum atomic E-state index is 11.1. The van der Waals surface area contributed by atoms with Gasteiger partial charge in [0.05, 0.1) is 16.6 Å². The molecule has 0 amide bonds. The largest absolute Gasteiger partial charge is 0.478 e. The van der Waals surface area contributed by atoms with Crippen LogP contribution < -0.4 is 0 Å². The Hall–Kier alpha value is -1.88. The first-order valence-corrected chi connectivity index (χ1v) is 6.82. The van der Waals surface area contributed by atoms with E-state index in [0.717, 1.165) is 49.3 Å². The van der Waals surface area contributed by atoms with E-state index in [-0.39, 0.29) is 0 Å². The van der Waals surface area contributed by atoms with Gasteiger partial charge in [-0.2, -0.15) is 0 Å². The highest BCUT2D eigenvalue weighted by atomic mass is 16.5. The zero-order valence-corrected chi connectivity index (χ0v) is 11.9. The first-order valence-electron chi connectivity index (χ1n) is 6.82. The quantitative estimate of drug-likeness (QED) is 0.790. The number of hydrogen-bond acceptors (Lipinski definition) is 3. The molecule has 5 heteroatoms. The van der Waals surface area contributed by atoms with Gasteiger partial charge in [-0.25, -0.2) is 9.78 Å². The highest BCUT2D eigenvalue weighted by molar-refractivity contribution is 5.92. The van der Waals surface area contributed by atoms with E-state index in [1.54, 1.807) is 25.3 Å². The fraction of sp³-hybridized carbons (Fsp3) is 0.467. The van der Waals surface area contributed by atoms with Crippen LogP contribution in [0, 0.1) is 6.92 Å². The number of benzene rings is 1. The van der Waals surface area contributed by atoms with E-state index in [0.29, 0.717) is 5.56 Å². The summed E-state index contributed by atoms with van der Waals surface area (Å²) < 4.78 is 7.12. The second kappa shape index (κ2) is 6.52. The summed E-state index contributed by atoms with van der Waals surface area (Å²) in [6.45, 7) is 3.59. The van der Waals surface area contributed by atoms with Gasteiger partial charge in [0.1, 0.15) is 5.82 Å². The SMILES string of the molecule is COCCCCCn1c(C)nc2ccc(C(=O)O)cc21. The number of imidazole rings is 1. The lowest BCUT2D eigenvalue weighted by atomic mass is 10.2. The third-order valence-corrected chi connectivity index (χ3v) is 3.42. The summed E-state index contributed by atoms with van der Waals surface area (Å²) in [7, 11) is 1.71. The van der Waals surface area contributed by atoms with Crippen LogP contribution >= 0.6 is 0 Å². The molecule has 1 heterocycles. The van der Waals surface area contributed by atoms with Gasteiger partial charge >= 0.3 is 5.97 Å². The second-order valence-corrected chi connectivity index (χ2v) is 4.87. The van der Waals surface area contributed by atoms with Crippen molar-refractivity contribution < 1.29 is 14.6 Å². The summed E-state index contributed by atoms with van der Waals surface area (Å²) in [5.41, 5.74) is 2.05. The summed E-state index contributed by atoms with van der Waals surface area (Å²) in [6.07, 6.45) is 3.17. The normalized spacial score (nSPS) is 11.1. The van der Waals surface area contributed by atoms with Crippen LogP contribution in [0.5, 0.6) is 0 Å². The van der Waals surface area contributed by atoms with Crippen molar-refractivity contribution in [3.63, 3.8) is 0 Å². The number of carboxylic acid groups (broad SMARTS) is 1. The molecular formula is C15H20N2O3. The number of carboxylic acids is 1. The molecule has 0 fully saturated rings. The molecule has 0 aliphatic carbocycles. The maximum Gasteiger partial charge on any atom is 0.335 e. The number of nitrogens with zero attached hydrogens (tertiary/aromatic N) is 2. The number of aromatic nitrogens is 2. The maximum absolute atomic E-state index is 11.1. The van der Waals surface area contributed by atoms with E-state index in [1.807, 2.05) is 6.92 Å². The van der Waals surface area contributed by atoms with Gasteiger partial charge in [0.2, 0.25) is 0 Å². The predicted octanol–water partition coefficient (Wildman–Crippen LogP) is 2.86. The number of hydrogen-bond donors (Lipinski definition) is 1. The van der Waals surface area contributed by atoms with Crippen molar-refractivity contribution in [2.24, 2.45) is 0 Å². The number of unbranched alkanes of at least 4 members (excludes halogenated alkanes) is 2. The molecule has 0 radical (unpaired) electrons. The van der Waals surface area contributed by atoms with Gasteiger partial charge < -0.3 is 14.4 Å². The zero-order valence-electron chi connectivity index (χ0n) is 11.9. The summed E-state index contributed by atoms with van der Waals surface area (Å²) in [4.78, 5) is 15.5. The Balaban J connectivity index is 2.16. The van der Waals surface area contributed by atoms with Crippen LogP contribution in [0.25, 0.3) is 11.0 Å². The number of fused-ring (bicyclic) bond motifs is 1. The van der Waals surface area contributed by atoms with E-state index in [9.17, 15) is 4.79 Å². The van der Waals surface area contributed by atoms with Crippen LogP contribution in [0.2, 0.25) is 0 Å². The number of rotatable bonds is 7. The monoisotopic (exact) mass is 276 g/mol. The van der Waals surface area contributed by atoms with Crippen LogP contribution in [0.4, 0.5) is 0 Å². The van der Waals surface area contributed by atoms with Crippen molar-refractivity contribution in [2.75, 3.05) is 13.7 Å². The molecule has 1 N–H and O–H groups in total. The third-order valence-electron chi connectivity index (χ3n) is 3.42. The number of ether oxygens (including phenoxy) is 1. The first kappa shape index (κ1) is 14.5. The van der Waals surface area contributed by atoms with Crippen LogP contribution in [-0.2, 0) is 11.3 Å². The van der Waals surface area contributed by atoms with Gasteiger partial charge in [-0.15, -0.1) is 0 Å². The molecule has 2 rings (SSSR count). The number of methoxy groups -OCH3 is 1. The van der Waals surface area contributed by atoms with E-state index < -0.39 is 5.97 Å². The molecule has 0 saturated heterocycles. The molecule has 0 aliphatic heterocycles. The molecule has 0 saturated carbocycles. The fourth-order valence-electron chi connectivity index (χ4n) is 2.35. The Morgan fingerprint density at radius 1 is 1.35 bits per heavy atom. The molecule has 108 valence electrons. The third kappa shape index (κ3) is 3.17. The van der Waals surface area contributed by atoms with Crippen molar-refractivity contribution in [1.29, 1.82) is 0 Å². The average molecular weight is 276 g/mol. The van der Waals surface area contributed by atoms with Crippen molar-refractivity contribution in [1.82, 2.24) is 9.55 Å². The molecule has 1 aromatic carbocycles. The molecule has 0 aliphatic rings. The average Bonchev–Trinajstić information content (AvgIpc) is 2.73. The Morgan fingerprint density at radius 3 is 2.85 bits per heavy atom. The van der Waals surface area contributed by atoms with Crippen molar-refractivity contribution in [3.8, 4) is 0 Å². The van der Waals surface area contributed by atoms with Gasteiger partial charge in [-0.05, 0) is 44.4 Å². The minimum absolute atomic E-state index is 0.304. The summed E-state index contributed by atoms with van der Waals surface area (Å²) >= 11 is 0. The van der Waals surface area contributed by atoms with Crippen LogP contribution in [0.15, 0.2) is 18.2 Å². The molecule has 2 aromatic rings. The standard InChI is InChI=1S/C15H20N2O3/c1-11-16-13-7-6-12(15(18)19)10-14(13)17(11)8-4-3-5-9-20-2/h6-7,10H,3-5,8-9H2,1-2H3,(H,18,19). The number of aromatic carboxylic acids is 1. The van der Waals surface area contributed by atoms with Gasteiger partial charge in [-0.1, -0.05) is 0 Å². The lowest BCUT2D eigenvalue weighted by molar-refractivity contribution is 0.0697. The number of aryl methyl sites for hydroxylation is 2. The second-order valence-electron chi connectivity index (χ2n) is 4.87. The van der Waals surface area contributed by atoms with Gasteiger partial charge in [0.25, 0.3) is 0 Å². The predicted molar refractivity (Wildman–Crippen MR) is 77.2 cm³/mol. The minimum Gasteiger partial charge on any atom is -0.478 e. The fourth-order valence-corrected chi connectivity index (χ4v) is 2.35. The topological polar surface area (TPSA) is 64.4 Å². The lowest BCUT2D eigenvalue weighted by Crippen LogP contribution is -2.02. The Morgan fingerprint density at radius 2 is 2.15 bits per heavy atom. The molecule has 20 heavy (non-hydrogen) atoms. The van der Waals surface area contributed by atoms with Crippen molar-refractivity contribution in [2.45, 2.75) is 32.7 Å². The zero-order chi connectivity index (χ0) is 14.5. The van der Waals surface area contributed by atoms with Gasteiger partial charge in [-0.3, -0.25) is 0 Å². The Kier molecular flexibility index (Phi) is 4.74. The smallest absolute Gasteiger partial charge is 0.335 e. The first-order chi connectivity index (χ1) is 9.63. The molecule has 0 atom stereocenters. The van der Waals surface area contributed by atoms with E-state index >= 15 is 0 Å². The van der Waals surface area contributed by atoms with E-state index in [1.165, 1.54) is 0 Å². The molecule has 0 bridgehead atoms. The van der Waals surface area contributed by atoms with E-state index in [4.69, 9.17) is 9.84 Å². The Labute approximate surface area is 118 Å². The van der Waals surface area contributed by atoms with Crippen molar-refractivity contribution >= 4 is 17.0 Å². The lowest BCUT2D eigenvalue weighted by Gasteiger charge is -2.07. The molecule has 5 nitrogen and oxygen atoms in total. The van der Waals surface area contributed by atoms with Crippen molar-refractivity contribution in [3.05, 3.63) is 29.6 Å². The summed E-state index contributed by atoms with van der Waals surface area (Å²) in [5, 5.41) is 9.07. The summed E-state index contributed by atoms with van der Waals surface area (Å²) in [5.74, 6) is 0.0201. The van der Waals surface area contributed by atoms with Crippen LogP contribution in [-0.4, -0.2) is 34.3 Å². The molecular weight excluding hydrogens is 256 g/mol. The van der Waals surface area contributed by atoms with E-state index in [2.05, 4.69) is 9.55 Å². The highest BCUT2D eigenvalue weighted by Crippen LogP contribution is 2.19.